The Balaban J connectivity index is 0.000000228. The van der Waals surface area contributed by atoms with Gasteiger partial charge in [-0.2, -0.15) is 12.1 Å². The summed E-state index contributed by atoms with van der Waals surface area (Å²) in [7, 11) is 0. The van der Waals surface area contributed by atoms with E-state index in [4.69, 9.17) is 0 Å². The SMILES string of the molecule is CCCc1ccc(-c2cccc3[cH-]c(CC4CCCCCC4)cc23)cc1.CCCc1ccc(-c2cccc3[cH-]c(CC4CCCCCC4)cc23)cc1.C[Si](C)=[Zr+2].[Cl-].[Cl-]. The van der Waals surface area contributed by atoms with Gasteiger partial charge in [-0.3, -0.25) is 0 Å². The number of fused-ring (bicyclic) bond motifs is 2. The van der Waals surface area contributed by atoms with Crippen molar-refractivity contribution < 1.29 is 48.1 Å². The van der Waals surface area contributed by atoms with Crippen LogP contribution < -0.4 is 24.8 Å². The van der Waals surface area contributed by atoms with E-state index in [9.17, 15) is 0 Å². The molecule has 0 radical (unpaired) electrons. The Hall–Kier alpha value is -2.22. The molecule has 0 saturated heterocycles. The minimum absolute atomic E-state index is 0. The van der Waals surface area contributed by atoms with Crippen molar-refractivity contribution in [2.24, 2.45) is 11.8 Å². The summed E-state index contributed by atoms with van der Waals surface area (Å²) in [5.41, 5.74) is 11.7. The van der Waals surface area contributed by atoms with Crippen molar-refractivity contribution in [3.8, 4) is 22.3 Å². The molecule has 0 spiro atoms. The van der Waals surface area contributed by atoms with Gasteiger partial charge >= 0.3 is 41.9 Å². The van der Waals surface area contributed by atoms with Crippen LogP contribution in [0.1, 0.15) is 126 Å². The van der Waals surface area contributed by atoms with Crippen LogP contribution in [0.25, 0.3) is 43.8 Å². The molecule has 0 unspecified atom stereocenters. The molecule has 0 N–H and O–H groups in total. The Morgan fingerprint density at radius 2 is 0.862 bits per heavy atom. The molecule has 0 amide bonds. The van der Waals surface area contributed by atoms with E-state index in [1.807, 2.05) is 0 Å². The number of halogens is 2. The number of rotatable bonds is 10. The maximum Gasteiger partial charge on any atom is -1.00 e. The van der Waals surface area contributed by atoms with Crippen molar-refractivity contribution in [2.75, 3.05) is 0 Å². The molecule has 2 saturated carbocycles. The predicted octanol–water partition coefficient (Wildman–Crippen LogP) is 10.2. The molecule has 2 aliphatic carbocycles. The largest absolute Gasteiger partial charge is 1.00 e. The van der Waals surface area contributed by atoms with Gasteiger partial charge in [0, 0.05) is 0 Å². The average molecular weight is 907 g/mol. The Morgan fingerprint density at radius 3 is 1.19 bits per heavy atom. The summed E-state index contributed by atoms with van der Waals surface area (Å²) in [5.74, 6) is 1.79. The molecule has 8 rings (SSSR count). The molecule has 2 fully saturated rings. The minimum atomic E-state index is 0. The fourth-order valence-electron chi connectivity index (χ4n) is 9.41. The third kappa shape index (κ3) is 14.5. The smallest absolute Gasteiger partial charge is 1.00 e. The molecule has 308 valence electrons. The van der Waals surface area contributed by atoms with Crippen molar-refractivity contribution in [1.29, 1.82) is 0 Å². The van der Waals surface area contributed by atoms with E-state index in [1.54, 1.807) is 34.5 Å². The topological polar surface area (TPSA) is 0 Å². The third-order valence-electron chi connectivity index (χ3n) is 12.2. The molecule has 0 bridgehead atoms. The van der Waals surface area contributed by atoms with E-state index in [0.29, 0.717) is 0 Å². The summed E-state index contributed by atoms with van der Waals surface area (Å²) in [4.78, 5) is 0. The number of hydrogen-bond acceptors (Lipinski definition) is 0. The van der Waals surface area contributed by atoms with E-state index >= 15 is 0 Å². The van der Waals surface area contributed by atoms with Crippen LogP contribution in [0.2, 0.25) is 13.1 Å². The molecule has 2 aliphatic rings. The normalized spacial score (nSPS) is 14.9. The average Bonchev–Trinajstić information content (AvgIpc) is 3.58. The summed E-state index contributed by atoms with van der Waals surface area (Å²) >= 11 is 1.74. The minimum Gasteiger partial charge on any atom is -1.00 e. The Bertz CT molecular complexity index is 1920. The molecule has 58 heavy (non-hydrogen) atoms. The maximum absolute atomic E-state index is 2.47. The van der Waals surface area contributed by atoms with Gasteiger partial charge in [-0.25, -0.2) is 0 Å². The summed E-state index contributed by atoms with van der Waals surface area (Å²) in [6.45, 7) is 9.11. The fourth-order valence-corrected chi connectivity index (χ4v) is 9.41. The van der Waals surface area contributed by atoms with E-state index in [0.717, 1.165) is 11.8 Å². The first-order valence-electron chi connectivity index (χ1n) is 22.5. The van der Waals surface area contributed by atoms with E-state index < -0.39 is 0 Å². The van der Waals surface area contributed by atoms with Crippen molar-refractivity contribution in [3.63, 3.8) is 0 Å². The second-order valence-electron chi connectivity index (χ2n) is 17.4. The fraction of sp³-hybridized carbons (Fsp3) is 0.444. The van der Waals surface area contributed by atoms with E-state index in [1.165, 1.54) is 171 Å². The van der Waals surface area contributed by atoms with Crippen molar-refractivity contribution in [2.45, 2.75) is 143 Å². The maximum atomic E-state index is 2.47. The number of aryl methyl sites for hydroxylation is 2. The molecule has 0 nitrogen and oxygen atoms in total. The zero-order valence-electron chi connectivity index (χ0n) is 36.0. The van der Waals surface area contributed by atoms with Crippen LogP contribution in [0.5, 0.6) is 0 Å². The van der Waals surface area contributed by atoms with E-state index in [-0.39, 0.29) is 30.2 Å². The molecular weight excluding hydrogens is 839 g/mol. The van der Waals surface area contributed by atoms with Gasteiger partial charge in [0.1, 0.15) is 0 Å². The Labute approximate surface area is 380 Å². The first-order chi connectivity index (χ1) is 27.4. The van der Waals surface area contributed by atoms with Crippen LogP contribution in [-0.2, 0) is 49.0 Å². The van der Waals surface area contributed by atoms with Crippen molar-refractivity contribution in [3.05, 3.63) is 131 Å². The Kier molecular flexibility index (Phi) is 21.3. The summed E-state index contributed by atoms with van der Waals surface area (Å²) in [5, 5.41) is 5.67. The molecule has 0 aliphatic heterocycles. The van der Waals surface area contributed by atoms with Crippen LogP contribution >= 0.6 is 0 Å². The van der Waals surface area contributed by atoms with Crippen molar-refractivity contribution in [1.82, 2.24) is 0 Å². The molecular formula is C54H68Cl2SiZr-2. The van der Waals surface area contributed by atoms with Crippen LogP contribution in [0.4, 0.5) is 0 Å². The zero-order chi connectivity index (χ0) is 39.1. The molecule has 6 aromatic rings. The molecule has 0 aromatic heterocycles. The first kappa shape index (κ1) is 48.4. The van der Waals surface area contributed by atoms with Crippen LogP contribution in [-0.4, -0.2) is 5.43 Å². The van der Waals surface area contributed by atoms with E-state index in [2.05, 4.69) is 136 Å². The van der Waals surface area contributed by atoms with Gasteiger partial charge in [0.2, 0.25) is 0 Å². The molecule has 0 atom stereocenters. The first-order valence-corrected chi connectivity index (χ1v) is 28.7. The Morgan fingerprint density at radius 1 is 0.517 bits per heavy atom. The second kappa shape index (κ2) is 25.5. The molecule has 0 heterocycles. The standard InChI is InChI=1S/2C26H31.C2H6Si.2ClH.Zr/c2*1-2-8-20-13-15-23(16-14-20)25-12-7-11-24-18-22(19-26(24)25)17-21-9-5-3-4-6-10-21;1-3-2;;;/h2*7,11-16,18-19,21H,2-6,8-10,17H2,1H3;1-2H3;2*1H;/q2*-1;;;;+2/p-2. The quantitative estimate of drug-likeness (QED) is 0.0730. The van der Waals surface area contributed by atoms with Gasteiger partial charge in [-0.15, -0.1) is 69.1 Å². The summed E-state index contributed by atoms with van der Waals surface area (Å²) < 4.78 is 0. The van der Waals surface area contributed by atoms with Gasteiger partial charge in [-0.05, 0) is 59.8 Å². The third-order valence-corrected chi connectivity index (χ3v) is 12.2. The monoisotopic (exact) mass is 904 g/mol. The van der Waals surface area contributed by atoms with Crippen LogP contribution in [0.15, 0.2) is 109 Å². The molecule has 6 aromatic carbocycles. The van der Waals surface area contributed by atoms with Gasteiger partial charge in [0.05, 0.1) is 0 Å². The van der Waals surface area contributed by atoms with Crippen LogP contribution in [0, 0.1) is 11.8 Å². The predicted molar refractivity (Wildman–Crippen MR) is 245 cm³/mol. The van der Waals surface area contributed by atoms with Crippen LogP contribution in [0.3, 0.4) is 0 Å². The number of benzene rings is 4. The van der Waals surface area contributed by atoms with Gasteiger partial charge in [0.25, 0.3) is 0 Å². The van der Waals surface area contributed by atoms with Gasteiger partial charge in [0.15, 0.2) is 0 Å². The van der Waals surface area contributed by atoms with Gasteiger partial charge < -0.3 is 24.8 Å². The number of hydrogen-bond donors (Lipinski definition) is 0. The summed E-state index contributed by atoms with van der Waals surface area (Å²) in [6, 6.07) is 41.8. The van der Waals surface area contributed by atoms with Gasteiger partial charge in [-0.1, -0.05) is 176 Å². The zero-order valence-corrected chi connectivity index (χ0v) is 41.0. The second-order valence-corrected chi connectivity index (χ2v) is 26.7. The summed E-state index contributed by atoms with van der Waals surface area (Å²) in [6.07, 6.45) is 24.5. The molecule has 4 heteroatoms. The van der Waals surface area contributed by atoms with Crippen molar-refractivity contribution >= 4 is 27.0 Å².